The number of ether oxygens (including phenoxy) is 1. The molecule has 0 heterocycles. The van der Waals surface area contributed by atoms with Gasteiger partial charge in [-0.3, -0.25) is 4.79 Å². The first-order valence-electron chi connectivity index (χ1n) is 7.70. The summed E-state index contributed by atoms with van der Waals surface area (Å²) >= 11 is 0. The maximum Gasteiger partial charge on any atom is 0.408 e. The van der Waals surface area contributed by atoms with Crippen molar-refractivity contribution in [3.63, 3.8) is 0 Å². The predicted molar refractivity (Wildman–Crippen MR) is 79.0 cm³/mol. The van der Waals surface area contributed by atoms with Gasteiger partial charge in [-0.05, 0) is 45.4 Å². The first kappa shape index (κ1) is 16.1. The fourth-order valence-electron chi connectivity index (χ4n) is 4.14. The van der Waals surface area contributed by atoms with E-state index in [-0.39, 0.29) is 5.41 Å². The second-order valence-electron chi connectivity index (χ2n) is 8.19. The molecule has 0 aromatic heterocycles. The van der Waals surface area contributed by atoms with Gasteiger partial charge in [0.2, 0.25) is 0 Å². The molecule has 2 aliphatic rings. The summed E-state index contributed by atoms with van der Waals surface area (Å²) in [6, 6.07) is 0. The average molecular weight is 297 g/mol. The highest BCUT2D eigenvalue weighted by atomic mass is 16.6. The molecule has 0 bridgehead atoms. The molecule has 2 rings (SSSR count). The van der Waals surface area contributed by atoms with Crippen LogP contribution >= 0.6 is 0 Å². The summed E-state index contributed by atoms with van der Waals surface area (Å²) in [4.78, 5) is 24.2. The Labute approximate surface area is 126 Å². The zero-order valence-corrected chi connectivity index (χ0v) is 13.7. The highest BCUT2D eigenvalue weighted by Crippen LogP contribution is 2.71. The number of carbonyl (C=O) groups excluding carboxylic acids is 1. The Morgan fingerprint density at radius 3 is 1.95 bits per heavy atom. The molecule has 2 saturated carbocycles. The van der Waals surface area contributed by atoms with E-state index in [1.54, 1.807) is 0 Å². The molecular weight excluding hydrogens is 270 g/mol. The molecule has 2 aliphatic carbocycles. The van der Waals surface area contributed by atoms with Gasteiger partial charge >= 0.3 is 12.1 Å². The second kappa shape index (κ2) is 4.62. The topological polar surface area (TPSA) is 75.6 Å². The smallest absolute Gasteiger partial charge is 0.408 e. The SMILES string of the molecule is CC(C)(C)OC(=O)NC1(C2(C(=O)O)CC2(C)C)CCCC1. The van der Waals surface area contributed by atoms with Gasteiger partial charge in [-0.2, -0.15) is 0 Å². The van der Waals surface area contributed by atoms with Crippen molar-refractivity contribution in [1.29, 1.82) is 0 Å². The molecule has 1 amide bonds. The summed E-state index contributed by atoms with van der Waals surface area (Å²) in [5.41, 5.74) is -2.42. The van der Waals surface area contributed by atoms with Gasteiger partial charge in [0.1, 0.15) is 5.60 Å². The third kappa shape index (κ3) is 2.51. The number of aliphatic carboxylic acids is 1. The molecule has 0 radical (unpaired) electrons. The maximum absolute atomic E-state index is 12.2. The van der Waals surface area contributed by atoms with Gasteiger partial charge in [-0.15, -0.1) is 0 Å². The Morgan fingerprint density at radius 1 is 1.14 bits per heavy atom. The van der Waals surface area contributed by atoms with E-state index in [2.05, 4.69) is 5.32 Å². The quantitative estimate of drug-likeness (QED) is 0.838. The van der Waals surface area contributed by atoms with Crippen molar-refractivity contribution in [3.05, 3.63) is 0 Å². The Morgan fingerprint density at radius 2 is 1.62 bits per heavy atom. The highest BCUT2D eigenvalue weighted by Gasteiger charge is 2.77. The fourth-order valence-corrected chi connectivity index (χ4v) is 4.14. The minimum absolute atomic E-state index is 0.293. The van der Waals surface area contributed by atoms with Crippen molar-refractivity contribution in [2.75, 3.05) is 0 Å². The lowest BCUT2D eigenvalue weighted by Gasteiger charge is -2.39. The maximum atomic E-state index is 12.2. The van der Waals surface area contributed by atoms with Crippen molar-refractivity contribution in [2.45, 2.75) is 77.9 Å². The lowest BCUT2D eigenvalue weighted by Crippen LogP contribution is -2.58. The zero-order valence-electron chi connectivity index (χ0n) is 13.7. The highest BCUT2D eigenvalue weighted by molar-refractivity contribution is 5.84. The Kier molecular flexibility index (Phi) is 3.54. The molecule has 5 nitrogen and oxygen atoms in total. The molecule has 0 spiro atoms. The normalized spacial score (nSPS) is 29.8. The molecule has 5 heteroatoms. The first-order chi connectivity index (χ1) is 9.46. The standard InChI is InChI=1S/C16H27NO4/c1-13(2,3)21-12(20)17-15(8-6-7-9-15)16(11(18)19)10-14(16,4)5/h6-10H2,1-5H3,(H,17,20)(H,18,19). The molecule has 2 N–H and O–H groups in total. The van der Waals surface area contributed by atoms with Crippen LogP contribution in [0.4, 0.5) is 4.79 Å². The van der Waals surface area contributed by atoms with Gasteiger partial charge in [-0.1, -0.05) is 26.7 Å². The van der Waals surface area contributed by atoms with Crippen LogP contribution in [0.2, 0.25) is 0 Å². The van der Waals surface area contributed by atoms with Crippen LogP contribution in [0.3, 0.4) is 0 Å². The Bertz CT molecular complexity index is 457. The number of carbonyl (C=O) groups is 2. The van der Waals surface area contributed by atoms with Crippen molar-refractivity contribution in [3.8, 4) is 0 Å². The third-order valence-corrected chi connectivity index (χ3v) is 5.12. The molecular formula is C16H27NO4. The molecule has 0 saturated heterocycles. The van der Waals surface area contributed by atoms with Crippen molar-refractivity contribution in [1.82, 2.24) is 5.32 Å². The Balaban J connectivity index is 2.26. The van der Waals surface area contributed by atoms with E-state index in [0.29, 0.717) is 19.3 Å². The van der Waals surface area contributed by atoms with E-state index in [1.807, 2.05) is 34.6 Å². The summed E-state index contributed by atoms with van der Waals surface area (Å²) in [5, 5.41) is 12.8. The third-order valence-electron chi connectivity index (χ3n) is 5.12. The van der Waals surface area contributed by atoms with Gasteiger partial charge in [-0.25, -0.2) is 4.79 Å². The van der Waals surface area contributed by atoms with E-state index in [0.717, 1.165) is 12.8 Å². The lowest BCUT2D eigenvalue weighted by atomic mass is 9.74. The number of carboxylic acids is 1. The van der Waals surface area contributed by atoms with Gasteiger partial charge in [0.05, 0.1) is 11.0 Å². The number of alkyl carbamates (subject to hydrolysis) is 1. The molecule has 1 atom stereocenters. The molecule has 0 aromatic rings. The van der Waals surface area contributed by atoms with Crippen LogP contribution in [0.1, 0.15) is 66.7 Å². The van der Waals surface area contributed by atoms with Gasteiger partial charge in [0, 0.05) is 0 Å². The van der Waals surface area contributed by atoms with Crippen molar-refractivity contribution in [2.24, 2.45) is 10.8 Å². The van der Waals surface area contributed by atoms with E-state index >= 15 is 0 Å². The summed E-state index contributed by atoms with van der Waals surface area (Å²) in [6.07, 6.45) is 3.41. The largest absolute Gasteiger partial charge is 0.481 e. The molecule has 0 aromatic carbocycles. The fraction of sp³-hybridized carbons (Fsp3) is 0.875. The summed E-state index contributed by atoms with van der Waals surface area (Å²) in [6.45, 7) is 9.36. The number of hydrogen-bond acceptors (Lipinski definition) is 3. The number of hydrogen-bond donors (Lipinski definition) is 2. The van der Waals surface area contributed by atoms with E-state index < -0.39 is 28.6 Å². The molecule has 1 unspecified atom stereocenters. The summed E-state index contributed by atoms with van der Waals surface area (Å²) in [7, 11) is 0. The van der Waals surface area contributed by atoms with Crippen molar-refractivity contribution >= 4 is 12.1 Å². The van der Waals surface area contributed by atoms with Gasteiger partial charge < -0.3 is 15.2 Å². The number of rotatable bonds is 3. The number of amides is 1. The van der Waals surface area contributed by atoms with E-state index in [1.165, 1.54) is 0 Å². The van der Waals surface area contributed by atoms with Gasteiger partial charge in [0.15, 0.2) is 0 Å². The van der Waals surface area contributed by atoms with Crippen molar-refractivity contribution < 1.29 is 19.4 Å². The minimum Gasteiger partial charge on any atom is -0.481 e. The van der Waals surface area contributed by atoms with Crippen LogP contribution in [0.5, 0.6) is 0 Å². The minimum atomic E-state index is -0.868. The van der Waals surface area contributed by atoms with Crippen LogP contribution < -0.4 is 5.32 Å². The number of carboxylic acid groups (broad SMARTS) is 1. The van der Waals surface area contributed by atoms with Crippen LogP contribution in [0.15, 0.2) is 0 Å². The Hall–Kier alpha value is -1.26. The van der Waals surface area contributed by atoms with E-state index in [9.17, 15) is 14.7 Å². The predicted octanol–water partition coefficient (Wildman–Crippen LogP) is 3.32. The van der Waals surface area contributed by atoms with Gasteiger partial charge in [0.25, 0.3) is 0 Å². The first-order valence-corrected chi connectivity index (χ1v) is 7.70. The second-order valence-corrected chi connectivity index (χ2v) is 8.19. The molecule has 21 heavy (non-hydrogen) atoms. The monoisotopic (exact) mass is 297 g/mol. The average Bonchev–Trinajstić information content (AvgIpc) is 2.66. The molecule has 0 aliphatic heterocycles. The molecule has 120 valence electrons. The van der Waals surface area contributed by atoms with E-state index in [4.69, 9.17) is 4.74 Å². The van der Waals surface area contributed by atoms with Crippen LogP contribution in [0, 0.1) is 10.8 Å². The molecule has 2 fully saturated rings. The number of nitrogens with one attached hydrogen (secondary N) is 1. The lowest BCUT2D eigenvalue weighted by molar-refractivity contribution is -0.148. The summed E-state index contributed by atoms with van der Waals surface area (Å²) in [5.74, 6) is -0.801. The zero-order chi connectivity index (χ0) is 16.1. The van der Waals surface area contributed by atoms with Crippen LogP contribution in [-0.4, -0.2) is 28.3 Å². The van der Waals surface area contributed by atoms with Crippen LogP contribution in [0.25, 0.3) is 0 Å². The summed E-state index contributed by atoms with van der Waals surface area (Å²) < 4.78 is 5.35. The van der Waals surface area contributed by atoms with Crippen LogP contribution in [-0.2, 0) is 9.53 Å².